The smallest absolute Gasteiger partial charge is 0.0819 e. The van der Waals surface area contributed by atoms with E-state index < -0.39 is 5.60 Å². The predicted octanol–water partition coefficient (Wildman–Crippen LogP) is 2.98. The molecule has 0 bridgehead atoms. The van der Waals surface area contributed by atoms with Gasteiger partial charge in [-0.05, 0) is 43.9 Å². The standard InChI is InChI=1S/C12H16ClNO/c1-9-3-4-10(7-11(9)13)14-8-12(15)5-2-6-12/h3-4,7,14-15H,2,5-6,8H2,1H3. The van der Waals surface area contributed by atoms with E-state index >= 15 is 0 Å². The van der Waals surface area contributed by atoms with Gasteiger partial charge in [0.1, 0.15) is 0 Å². The van der Waals surface area contributed by atoms with Crippen molar-refractivity contribution in [3.63, 3.8) is 0 Å². The first-order chi connectivity index (χ1) is 7.09. The summed E-state index contributed by atoms with van der Waals surface area (Å²) >= 11 is 6.01. The Kier molecular flexibility index (Phi) is 2.89. The van der Waals surface area contributed by atoms with Gasteiger partial charge in [-0.1, -0.05) is 17.7 Å². The van der Waals surface area contributed by atoms with Gasteiger partial charge in [0.2, 0.25) is 0 Å². The van der Waals surface area contributed by atoms with E-state index in [4.69, 9.17) is 11.6 Å². The van der Waals surface area contributed by atoms with Crippen molar-refractivity contribution < 1.29 is 5.11 Å². The second kappa shape index (κ2) is 4.03. The van der Waals surface area contributed by atoms with Gasteiger partial charge >= 0.3 is 0 Å². The number of hydrogen-bond donors (Lipinski definition) is 2. The van der Waals surface area contributed by atoms with E-state index in [0.29, 0.717) is 6.54 Å². The van der Waals surface area contributed by atoms with Gasteiger partial charge in [0.05, 0.1) is 5.60 Å². The molecule has 0 atom stereocenters. The molecule has 0 radical (unpaired) electrons. The van der Waals surface area contributed by atoms with Crippen LogP contribution in [0.5, 0.6) is 0 Å². The van der Waals surface area contributed by atoms with Gasteiger partial charge in [-0.3, -0.25) is 0 Å². The Bertz CT molecular complexity index is 361. The minimum absolute atomic E-state index is 0.489. The van der Waals surface area contributed by atoms with Gasteiger partial charge < -0.3 is 10.4 Å². The van der Waals surface area contributed by atoms with Crippen molar-refractivity contribution in [2.45, 2.75) is 31.8 Å². The highest BCUT2D eigenvalue weighted by Gasteiger charge is 2.33. The van der Waals surface area contributed by atoms with Crippen LogP contribution in [0.2, 0.25) is 5.02 Å². The van der Waals surface area contributed by atoms with Crippen molar-refractivity contribution in [2.75, 3.05) is 11.9 Å². The van der Waals surface area contributed by atoms with Crippen LogP contribution in [0.3, 0.4) is 0 Å². The van der Waals surface area contributed by atoms with E-state index in [9.17, 15) is 5.11 Å². The molecule has 2 rings (SSSR count). The highest BCUT2D eigenvalue weighted by molar-refractivity contribution is 6.31. The highest BCUT2D eigenvalue weighted by atomic mass is 35.5. The summed E-state index contributed by atoms with van der Waals surface area (Å²) in [5, 5.41) is 13.9. The summed E-state index contributed by atoms with van der Waals surface area (Å²) < 4.78 is 0. The number of aryl methyl sites for hydroxylation is 1. The molecule has 0 unspecified atom stereocenters. The van der Waals surface area contributed by atoms with Crippen LogP contribution in [0.25, 0.3) is 0 Å². The fourth-order valence-electron chi connectivity index (χ4n) is 1.73. The maximum atomic E-state index is 9.90. The largest absolute Gasteiger partial charge is 0.388 e. The molecule has 1 aromatic carbocycles. The average Bonchev–Trinajstić information content (AvgIpc) is 2.17. The Morgan fingerprint density at radius 3 is 2.73 bits per heavy atom. The van der Waals surface area contributed by atoms with Gasteiger partial charge in [0, 0.05) is 17.3 Å². The number of aliphatic hydroxyl groups is 1. The Morgan fingerprint density at radius 2 is 2.20 bits per heavy atom. The minimum atomic E-state index is -0.489. The predicted molar refractivity (Wildman–Crippen MR) is 63.5 cm³/mol. The maximum absolute atomic E-state index is 9.90. The van der Waals surface area contributed by atoms with Crippen molar-refractivity contribution in [3.05, 3.63) is 28.8 Å². The van der Waals surface area contributed by atoms with Gasteiger partial charge in [-0.15, -0.1) is 0 Å². The Labute approximate surface area is 95.3 Å². The summed E-state index contributed by atoms with van der Waals surface area (Å²) in [5.41, 5.74) is 1.56. The Morgan fingerprint density at radius 1 is 1.47 bits per heavy atom. The third kappa shape index (κ3) is 2.44. The van der Waals surface area contributed by atoms with Crippen LogP contribution in [0.15, 0.2) is 18.2 Å². The molecule has 0 aliphatic heterocycles. The van der Waals surface area contributed by atoms with Crippen LogP contribution < -0.4 is 5.32 Å². The lowest BCUT2D eigenvalue weighted by molar-refractivity contribution is -0.0201. The molecule has 1 saturated carbocycles. The summed E-state index contributed by atoms with van der Waals surface area (Å²) in [4.78, 5) is 0. The van der Waals surface area contributed by atoms with Crippen molar-refractivity contribution >= 4 is 17.3 Å². The van der Waals surface area contributed by atoms with Crippen LogP contribution in [-0.2, 0) is 0 Å². The molecule has 2 N–H and O–H groups in total. The molecule has 2 nitrogen and oxygen atoms in total. The molecular formula is C12H16ClNO. The highest BCUT2D eigenvalue weighted by Crippen LogP contribution is 2.31. The van der Waals surface area contributed by atoms with Crippen molar-refractivity contribution in [3.8, 4) is 0 Å². The van der Waals surface area contributed by atoms with Crippen LogP contribution in [-0.4, -0.2) is 17.3 Å². The van der Waals surface area contributed by atoms with Gasteiger partial charge in [-0.2, -0.15) is 0 Å². The average molecular weight is 226 g/mol. The first kappa shape index (κ1) is 10.8. The molecule has 1 aromatic rings. The second-order valence-electron chi connectivity index (χ2n) is 4.40. The van der Waals surface area contributed by atoms with Gasteiger partial charge in [-0.25, -0.2) is 0 Å². The number of benzene rings is 1. The van der Waals surface area contributed by atoms with Gasteiger partial charge in [0.15, 0.2) is 0 Å². The van der Waals surface area contributed by atoms with E-state index in [2.05, 4.69) is 5.32 Å². The van der Waals surface area contributed by atoms with E-state index in [0.717, 1.165) is 35.5 Å². The monoisotopic (exact) mass is 225 g/mol. The molecule has 1 fully saturated rings. The first-order valence-electron chi connectivity index (χ1n) is 5.31. The van der Waals surface area contributed by atoms with E-state index in [1.54, 1.807) is 0 Å². The van der Waals surface area contributed by atoms with E-state index in [1.807, 2.05) is 25.1 Å². The SMILES string of the molecule is Cc1ccc(NCC2(O)CCC2)cc1Cl. The summed E-state index contributed by atoms with van der Waals surface area (Å²) in [7, 11) is 0. The zero-order valence-corrected chi connectivity index (χ0v) is 9.64. The summed E-state index contributed by atoms with van der Waals surface area (Å²) in [6.07, 6.45) is 2.94. The number of hydrogen-bond acceptors (Lipinski definition) is 2. The maximum Gasteiger partial charge on any atom is 0.0819 e. The molecule has 0 amide bonds. The molecule has 82 valence electrons. The summed E-state index contributed by atoms with van der Waals surface area (Å²) in [6.45, 7) is 2.60. The lowest BCUT2D eigenvalue weighted by Crippen LogP contribution is -2.43. The topological polar surface area (TPSA) is 32.3 Å². The first-order valence-corrected chi connectivity index (χ1v) is 5.69. The molecule has 0 heterocycles. The lowest BCUT2D eigenvalue weighted by Gasteiger charge is -2.36. The van der Waals surface area contributed by atoms with Crippen LogP contribution in [0.4, 0.5) is 5.69 Å². The Hall–Kier alpha value is -0.730. The van der Waals surface area contributed by atoms with Crippen molar-refractivity contribution in [2.24, 2.45) is 0 Å². The summed E-state index contributed by atoms with van der Waals surface area (Å²) in [5.74, 6) is 0. The molecule has 1 aliphatic carbocycles. The molecule has 1 aliphatic rings. The number of nitrogens with one attached hydrogen (secondary N) is 1. The molecular weight excluding hydrogens is 210 g/mol. The number of rotatable bonds is 3. The molecule has 0 saturated heterocycles. The normalized spacial score (nSPS) is 18.3. The van der Waals surface area contributed by atoms with E-state index in [-0.39, 0.29) is 0 Å². The number of halogens is 1. The summed E-state index contributed by atoms with van der Waals surface area (Å²) in [6, 6.07) is 5.87. The van der Waals surface area contributed by atoms with Gasteiger partial charge in [0.25, 0.3) is 0 Å². The zero-order valence-electron chi connectivity index (χ0n) is 8.89. The van der Waals surface area contributed by atoms with Crippen molar-refractivity contribution in [1.82, 2.24) is 0 Å². The molecule has 0 aromatic heterocycles. The quantitative estimate of drug-likeness (QED) is 0.829. The number of anilines is 1. The lowest BCUT2D eigenvalue weighted by atomic mass is 9.80. The van der Waals surface area contributed by atoms with Crippen LogP contribution in [0, 0.1) is 6.92 Å². The fourth-order valence-corrected chi connectivity index (χ4v) is 1.91. The van der Waals surface area contributed by atoms with Crippen LogP contribution >= 0.6 is 11.6 Å². The fraction of sp³-hybridized carbons (Fsp3) is 0.500. The van der Waals surface area contributed by atoms with Crippen molar-refractivity contribution in [1.29, 1.82) is 0 Å². The molecule has 15 heavy (non-hydrogen) atoms. The third-order valence-electron chi connectivity index (χ3n) is 3.08. The molecule has 0 spiro atoms. The zero-order chi connectivity index (χ0) is 10.9. The molecule has 3 heteroatoms. The third-order valence-corrected chi connectivity index (χ3v) is 3.48. The van der Waals surface area contributed by atoms with Crippen LogP contribution in [0.1, 0.15) is 24.8 Å². The van der Waals surface area contributed by atoms with E-state index in [1.165, 1.54) is 0 Å². The second-order valence-corrected chi connectivity index (χ2v) is 4.80. The minimum Gasteiger partial charge on any atom is -0.388 e. The Balaban J connectivity index is 1.96.